The first-order valence-electron chi connectivity index (χ1n) is 5.57. The van der Waals surface area contributed by atoms with Crippen molar-refractivity contribution in [1.82, 2.24) is 10.3 Å². The van der Waals surface area contributed by atoms with Crippen molar-refractivity contribution in [2.24, 2.45) is 0 Å². The minimum absolute atomic E-state index is 0.135. The maximum atomic E-state index is 11.3. The van der Waals surface area contributed by atoms with Crippen molar-refractivity contribution in [3.63, 3.8) is 0 Å². The van der Waals surface area contributed by atoms with Crippen LogP contribution in [-0.4, -0.2) is 57.6 Å². The van der Waals surface area contributed by atoms with Gasteiger partial charge < -0.3 is 24.6 Å². The number of aliphatic hydroxyl groups is 1. The zero-order valence-corrected chi connectivity index (χ0v) is 11.6. The quantitative estimate of drug-likeness (QED) is 0.560. The number of carbonyl (C=O) groups excluding carboxylic acids is 1. The Morgan fingerprint density at radius 2 is 2.11 bits per heavy atom. The monoisotopic (exact) mass is 272 g/mol. The Hall–Kier alpha value is -1.86. The van der Waals surface area contributed by atoms with E-state index in [4.69, 9.17) is 14.6 Å². The molecule has 1 aromatic rings. The van der Waals surface area contributed by atoms with Gasteiger partial charge in [-0.3, -0.25) is 0 Å². The van der Waals surface area contributed by atoms with Gasteiger partial charge in [0, 0.05) is 19.7 Å². The number of hydrogen-bond donors (Lipinski definition) is 2. The smallest absolute Gasteiger partial charge is 0.360 e. The van der Waals surface area contributed by atoms with Gasteiger partial charge in [-0.2, -0.15) is 0 Å². The van der Waals surface area contributed by atoms with E-state index < -0.39 is 5.97 Å². The Morgan fingerprint density at radius 1 is 1.42 bits per heavy atom. The molecular formula is C12H20N2O5. The van der Waals surface area contributed by atoms with Crippen molar-refractivity contribution < 1.29 is 24.1 Å². The van der Waals surface area contributed by atoms with Crippen LogP contribution >= 0.6 is 0 Å². The van der Waals surface area contributed by atoms with Crippen LogP contribution in [0.5, 0.6) is 11.5 Å². The number of aliphatic hydroxyl groups excluding tert-OH is 1. The fourth-order valence-electron chi connectivity index (χ4n) is 1.18. The van der Waals surface area contributed by atoms with Crippen molar-refractivity contribution in [1.29, 1.82) is 0 Å². The van der Waals surface area contributed by atoms with Crippen LogP contribution in [0.2, 0.25) is 0 Å². The van der Waals surface area contributed by atoms with Gasteiger partial charge in [-0.25, -0.2) is 9.78 Å². The summed E-state index contributed by atoms with van der Waals surface area (Å²) in [5, 5.41) is 9.95. The van der Waals surface area contributed by atoms with Crippen molar-refractivity contribution in [3.8, 4) is 11.5 Å². The number of esters is 1. The molecule has 0 aromatic carbocycles. The lowest BCUT2D eigenvalue weighted by Crippen LogP contribution is -2.16. The third-order valence-electron chi connectivity index (χ3n) is 2.05. The lowest BCUT2D eigenvalue weighted by atomic mass is 10.3. The number of aromatic nitrogens is 1. The molecule has 0 aliphatic rings. The lowest BCUT2D eigenvalue weighted by molar-refractivity contribution is 0.0590. The van der Waals surface area contributed by atoms with Crippen LogP contribution in [0.4, 0.5) is 0 Å². The van der Waals surface area contributed by atoms with Gasteiger partial charge in [0.05, 0.1) is 20.4 Å². The van der Waals surface area contributed by atoms with Gasteiger partial charge in [0.15, 0.2) is 11.4 Å². The molecule has 1 heterocycles. The van der Waals surface area contributed by atoms with E-state index in [2.05, 4.69) is 15.0 Å². The Bertz CT molecular complexity index is 384. The first-order chi connectivity index (χ1) is 9.22. The summed E-state index contributed by atoms with van der Waals surface area (Å²) < 4.78 is 15.0. The van der Waals surface area contributed by atoms with E-state index >= 15 is 0 Å². The zero-order chi connectivity index (χ0) is 14.7. The first-order valence-corrected chi connectivity index (χ1v) is 5.57. The molecule has 0 saturated heterocycles. The van der Waals surface area contributed by atoms with E-state index in [1.54, 1.807) is 6.07 Å². The number of likely N-dealkylation sites (N-methyl/N-ethyl adjacent to an activating group) is 1. The van der Waals surface area contributed by atoms with Gasteiger partial charge in [0.25, 0.3) is 0 Å². The summed E-state index contributed by atoms with van der Waals surface area (Å²) in [6.45, 7) is 1.24. The average molecular weight is 272 g/mol. The molecule has 108 valence electrons. The molecule has 0 amide bonds. The predicted octanol–water partition coefficient (Wildman–Crippen LogP) is 0.0835. The topological polar surface area (TPSA) is 89.9 Å². The number of nitrogens with one attached hydrogen (secondary N) is 1. The summed E-state index contributed by atoms with van der Waals surface area (Å²) in [5.41, 5.74) is 0.135. The van der Waals surface area contributed by atoms with Crippen LogP contribution in [0.1, 0.15) is 10.5 Å². The molecule has 2 N–H and O–H groups in total. The number of carbonyl (C=O) groups is 1. The molecular weight excluding hydrogens is 252 g/mol. The number of hydrogen-bond acceptors (Lipinski definition) is 7. The van der Waals surface area contributed by atoms with Crippen molar-refractivity contribution in [3.05, 3.63) is 18.0 Å². The van der Waals surface area contributed by atoms with Crippen LogP contribution < -0.4 is 14.8 Å². The molecule has 1 aromatic heterocycles. The van der Waals surface area contributed by atoms with Crippen molar-refractivity contribution in [2.75, 3.05) is 41.5 Å². The maximum absolute atomic E-state index is 11.3. The number of rotatable bonds is 6. The number of nitrogens with zero attached hydrogens (tertiary/aromatic N) is 1. The first kappa shape index (κ1) is 17.1. The largest absolute Gasteiger partial charge is 0.494 e. The van der Waals surface area contributed by atoms with Gasteiger partial charge in [0.1, 0.15) is 12.4 Å². The summed E-state index contributed by atoms with van der Waals surface area (Å²) >= 11 is 0. The normalized spacial score (nSPS) is 9.11. The van der Waals surface area contributed by atoms with Gasteiger partial charge in [-0.15, -0.1) is 0 Å². The standard InChI is InChI=1S/C11H16N2O4.CH4O/c1-12-4-5-17-8-6-9(15-2)10(13-7-8)11(14)16-3;1-2/h6-7,12H,4-5H2,1-3H3;2H,1H3. The Balaban J connectivity index is 0.00000154. The van der Waals surface area contributed by atoms with Crippen LogP contribution in [-0.2, 0) is 4.74 Å². The summed E-state index contributed by atoms with van der Waals surface area (Å²) in [7, 11) is 5.59. The SMILES string of the molecule is CNCCOc1cnc(C(=O)OC)c(OC)c1.CO. The maximum Gasteiger partial charge on any atom is 0.360 e. The molecule has 0 aliphatic heterocycles. The van der Waals surface area contributed by atoms with Crippen LogP contribution in [0.3, 0.4) is 0 Å². The minimum atomic E-state index is -0.538. The Labute approximate surface area is 112 Å². The number of pyridine rings is 1. The second kappa shape index (κ2) is 10.1. The van der Waals surface area contributed by atoms with E-state index in [9.17, 15) is 4.79 Å². The predicted molar refractivity (Wildman–Crippen MR) is 69.7 cm³/mol. The van der Waals surface area contributed by atoms with Crippen molar-refractivity contribution >= 4 is 5.97 Å². The average Bonchev–Trinajstić information content (AvgIpc) is 2.48. The summed E-state index contributed by atoms with van der Waals surface area (Å²) in [6.07, 6.45) is 1.46. The molecule has 1 rings (SSSR count). The summed E-state index contributed by atoms with van der Waals surface area (Å²) in [6, 6.07) is 1.61. The third-order valence-corrected chi connectivity index (χ3v) is 2.05. The summed E-state index contributed by atoms with van der Waals surface area (Å²) in [4.78, 5) is 15.3. The molecule has 0 spiro atoms. The van der Waals surface area contributed by atoms with E-state index in [0.717, 1.165) is 13.7 Å². The van der Waals surface area contributed by atoms with Gasteiger partial charge in [-0.1, -0.05) is 0 Å². The van der Waals surface area contributed by atoms with E-state index in [1.165, 1.54) is 20.4 Å². The minimum Gasteiger partial charge on any atom is -0.494 e. The van der Waals surface area contributed by atoms with Crippen LogP contribution in [0.25, 0.3) is 0 Å². The second-order valence-corrected chi connectivity index (χ2v) is 3.17. The van der Waals surface area contributed by atoms with E-state index in [0.29, 0.717) is 18.1 Å². The van der Waals surface area contributed by atoms with Gasteiger partial charge >= 0.3 is 5.97 Å². The number of ether oxygens (including phenoxy) is 3. The number of methoxy groups -OCH3 is 2. The van der Waals surface area contributed by atoms with Crippen LogP contribution in [0, 0.1) is 0 Å². The Morgan fingerprint density at radius 3 is 2.63 bits per heavy atom. The zero-order valence-electron chi connectivity index (χ0n) is 11.6. The molecule has 0 saturated carbocycles. The molecule has 19 heavy (non-hydrogen) atoms. The van der Waals surface area contributed by atoms with E-state index in [1.807, 2.05) is 7.05 Å². The Kier molecular flexibility index (Phi) is 9.11. The van der Waals surface area contributed by atoms with Crippen LogP contribution in [0.15, 0.2) is 12.3 Å². The molecule has 0 radical (unpaired) electrons. The lowest BCUT2D eigenvalue weighted by Gasteiger charge is -2.09. The fraction of sp³-hybridized carbons (Fsp3) is 0.500. The molecule has 0 atom stereocenters. The van der Waals surface area contributed by atoms with Gasteiger partial charge in [0.2, 0.25) is 0 Å². The highest BCUT2D eigenvalue weighted by Crippen LogP contribution is 2.22. The highest BCUT2D eigenvalue weighted by Gasteiger charge is 2.15. The molecule has 0 fully saturated rings. The van der Waals surface area contributed by atoms with Crippen molar-refractivity contribution in [2.45, 2.75) is 0 Å². The van der Waals surface area contributed by atoms with E-state index in [-0.39, 0.29) is 5.69 Å². The highest BCUT2D eigenvalue weighted by atomic mass is 16.5. The molecule has 0 unspecified atom stereocenters. The highest BCUT2D eigenvalue weighted by molar-refractivity contribution is 5.90. The fourth-order valence-corrected chi connectivity index (χ4v) is 1.18. The molecule has 0 bridgehead atoms. The molecule has 0 aliphatic carbocycles. The third kappa shape index (κ3) is 5.54. The molecule has 7 heteroatoms. The summed E-state index contributed by atoms with van der Waals surface area (Å²) in [5.74, 6) is 0.340. The second-order valence-electron chi connectivity index (χ2n) is 3.17. The van der Waals surface area contributed by atoms with Gasteiger partial charge in [-0.05, 0) is 7.05 Å². The molecule has 7 nitrogen and oxygen atoms in total.